The molecule has 0 bridgehead atoms. The van der Waals surface area contributed by atoms with Crippen molar-refractivity contribution in [2.45, 2.75) is 5.37 Å². The summed E-state index contributed by atoms with van der Waals surface area (Å²) in [7, 11) is 0. The number of aromatic nitrogens is 4. The van der Waals surface area contributed by atoms with E-state index in [1.54, 1.807) is 6.33 Å². The molecule has 2 aromatic rings. The zero-order valence-electron chi connectivity index (χ0n) is 8.34. The average molecular weight is 257 g/mol. The molecule has 0 aromatic carbocycles. The third-order valence-corrected chi connectivity index (χ3v) is 3.85. The van der Waals surface area contributed by atoms with E-state index in [9.17, 15) is 0 Å². The first-order valence-corrected chi connectivity index (χ1v) is 6.31. The highest BCUT2D eigenvalue weighted by molar-refractivity contribution is 7.99. The van der Waals surface area contributed by atoms with Crippen LogP contribution in [-0.4, -0.2) is 38.5 Å². The number of ether oxygens (including phenoxy) is 1. The molecular weight excluding hydrogens is 248 g/mol. The van der Waals surface area contributed by atoms with Crippen molar-refractivity contribution in [3.63, 3.8) is 0 Å². The molecule has 1 aliphatic rings. The maximum Gasteiger partial charge on any atom is 0.165 e. The zero-order valence-corrected chi connectivity index (χ0v) is 9.91. The molecule has 0 saturated carbocycles. The van der Waals surface area contributed by atoms with Crippen LogP contribution in [0.25, 0.3) is 11.2 Å². The van der Waals surface area contributed by atoms with Gasteiger partial charge >= 0.3 is 0 Å². The van der Waals surface area contributed by atoms with Gasteiger partial charge in [-0.1, -0.05) is 11.6 Å². The standard InChI is InChI=1S/C9H9ClN4OS/c10-8-7-9(12-4-11-8)14(5-13-7)6-3-15-1-2-16-6/h4-6H,1-3H2. The lowest BCUT2D eigenvalue weighted by Gasteiger charge is -2.22. The quantitative estimate of drug-likeness (QED) is 0.728. The van der Waals surface area contributed by atoms with Gasteiger partial charge in [-0.05, 0) is 0 Å². The maximum atomic E-state index is 5.94. The normalized spacial score (nSPS) is 21.4. The average Bonchev–Trinajstić information content (AvgIpc) is 2.75. The van der Waals surface area contributed by atoms with Gasteiger partial charge in [0.05, 0.1) is 19.5 Å². The third-order valence-electron chi connectivity index (χ3n) is 2.42. The molecule has 2 aromatic heterocycles. The molecule has 3 heterocycles. The summed E-state index contributed by atoms with van der Waals surface area (Å²) in [5, 5.41) is 0.621. The van der Waals surface area contributed by atoms with E-state index in [-0.39, 0.29) is 5.37 Å². The number of imidazole rings is 1. The van der Waals surface area contributed by atoms with Crippen LogP contribution >= 0.6 is 23.4 Å². The van der Waals surface area contributed by atoms with Crippen molar-refractivity contribution in [3.8, 4) is 0 Å². The zero-order chi connectivity index (χ0) is 11.0. The molecule has 0 N–H and O–H groups in total. The molecule has 16 heavy (non-hydrogen) atoms. The minimum Gasteiger partial charge on any atom is -0.378 e. The summed E-state index contributed by atoms with van der Waals surface area (Å²) in [6.45, 7) is 1.49. The summed E-state index contributed by atoms with van der Waals surface area (Å²) in [6.07, 6.45) is 3.20. The van der Waals surface area contributed by atoms with E-state index >= 15 is 0 Å². The fourth-order valence-electron chi connectivity index (χ4n) is 1.67. The van der Waals surface area contributed by atoms with Crippen molar-refractivity contribution in [2.24, 2.45) is 0 Å². The molecule has 1 unspecified atom stereocenters. The molecule has 3 rings (SSSR count). The lowest BCUT2D eigenvalue weighted by Crippen LogP contribution is -2.19. The summed E-state index contributed by atoms with van der Waals surface area (Å²) in [4.78, 5) is 12.3. The van der Waals surface area contributed by atoms with Gasteiger partial charge in [-0.2, -0.15) is 0 Å². The molecule has 5 nitrogen and oxygen atoms in total. The van der Waals surface area contributed by atoms with Gasteiger partial charge in [0.2, 0.25) is 0 Å². The molecule has 1 saturated heterocycles. The first-order chi connectivity index (χ1) is 7.86. The maximum absolute atomic E-state index is 5.94. The molecular formula is C9H9ClN4OS. The molecule has 0 amide bonds. The Morgan fingerprint density at radius 2 is 2.38 bits per heavy atom. The molecule has 1 fully saturated rings. The van der Waals surface area contributed by atoms with Crippen LogP contribution in [0.3, 0.4) is 0 Å². The fraction of sp³-hybridized carbons (Fsp3) is 0.444. The van der Waals surface area contributed by atoms with E-state index in [0.717, 1.165) is 18.0 Å². The van der Waals surface area contributed by atoms with Crippen LogP contribution in [0.2, 0.25) is 5.15 Å². The largest absolute Gasteiger partial charge is 0.378 e. The second-order valence-electron chi connectivity index (χ2n) is 3.39. The van der Waals surface area contributed by atoms with Crippen LogP contribution in [0.15, 0.2) is 12.7 Å². The van der Waals surface area contributed by atoms with Crippen molar-refractivity contribution in [1.82, 2.24) is 19.5 Å². The molecule has 1 atom stereocenters. The molecule has 84 valence electrons. The Morgan fingerprint density at radius 3 is 3.19 bits per heavy atom. The van der Waals surface area contributed by atoms with Gasteiger partial charge in [0, 0.05) is 5.75 Å². The second-order valence-corrected chi connectivity index (χ2v) is 5.03. The number of hydrogen-bond acceptors (Lipinski definition) is 5. The summed E-state index contributed by atoms with van der Waals surface area (Å²) < 4.78 is 7.43. The number of halogens is 1. The van der Waals surface area contributed by atoms with Crippen molar-refractivity contribution in [2.75, 3.05) is 19.0 Å². The summed E-state index contributed by atoms with van der Waals surface area (Å²) in [6, 6.07) is 0. The van der Waals surface area contributed by atoms with Crippen LogP contribution < -0.4 is 0 Å². The van der Waals surface area contributed by atoms with E-state index in [2.05, 4.69) is 15.0 Å². The Morgan fingerprint density at radius 1 is 1.44 bits per heavy atom. The first kappa shape index (κ1) is 10.3. The number of rotatable bonds is 1. The lowest BCUT2D eigenvalue weighted by molar-refractivity contribution is 0.131. The lowest BCUT2D eigenvalue weighted by atomic mass is 10.5. The van der Waals surface area contributed by atoms with Crippen molar-refractivity contribution < 1.29 is 4.74 Å². The van der Waals surface area contributed by atoms with E-state index < -0.39 is 0 Å². The van der Waals surface area contributed by atoms with Gasteiger partial charge in [-0.25, -0.2) is 15.0 Å². The highest BCUT2D eigenvalue weighted by Gasteiger charge is 2.19. The minimum absolute atomic E-state index is 0.227. The monoisotopic (exact) mass is 256 g/mol. The van der Waals surface area contributed by atoms with E-state index in [1.165, 1.54) is 6.33 Å². The minimum atomic E-state index is 0.227. The Balaban J connectivity index is 2.06. The Kier molecular flexibility index (Phi) is 2.70. The Hall–Kier alpha value is -0.850. The predicted octanol–water partition coefficient (Wildman–Crippen LogP) is 1.74. The Bertz CT molecular complexity index is 511. The van der Waals surface area contributed by atoms with Gasteiger partial charge < -0.3 is 9.30 Å². The number of nitrogens with zero attached hydrogens (tertiary/aromatic N) is 4. The van der Waals surface area contributed by atoms with Crippen LogP contribution in [0, 0.1) is 0 Å². The molecule has 0 radical (unpaired) electrons. The van der Waals surface area contributed by atoms with Crippen LogP contribution in [0.5, 0.6) is 0 Å². The van der Waals surface area contributed by atoms with Crippen molar-refractivity contribution in [1.29, 1.82) is 0 Å². The second kappa shape index (κ2) is 4.20. The highest BCUT2D eigenvalue weighted by Crippen LogP contribution is 2.30. The topological polar surface area (TPSA) is 52.8 Å². The number of hydrogen-bond donors (Lipinski definition) is 0. The molecule has 7 heteroatoms. The van der Waals surface area contributed by atoms with E-state index in [0.29, 0.717) is 17.3 Å². The SMILES string of the molecule is Clc1ncnc2c1ncn2C1COCCS1. The van der Waals surface area contributed by atoms with Crippen molar-refractivity contribution >= 4 is 34.5 Å². The number of fused-ring (bicyclic) bond motifs is 1. The number of thioether (sulfide) groups is 1. The van der Waals surface area contributed by atoms with Gasteiger partial charge in [-0.3, -0.25) is 0 Å². The molecule has 0 spiro atoms. The van der Waals surface area contributed by atoms with Gasteiger partial charge in [0.15, 0.2) is 10.8 Å². The van der Waals surface area contributed by atoms with Crippen LogP contribution in [0.1, 0.15) is 5.37 Å². The smallest absolute Gasteiger partial charge is 0.165 e. The van der Waals surface area contributed by atoms with E-state index in [4.69, 9.17) is 16.3 Å². The molecule has 0 aliphatic carbocycles. The highest BCUT2D eigenvalue weighted by atomic mass is 35.5. The fourth-order valence-corrected chi connectivity index (χ4v) is 2.84. The summed E-state index contributed by atoms with van der Waals surface area (Å²) >= 11 is 7.78. The van der Waals surface area contributed by atoms with Gasteiger partial charge in [0.1, 0.15) is 17.2 Å². The summed E-state index contributed by atoms with van der Waals surface area (Å²) in [5.41, 5.74) is 1.42. The van der Waals surface area contributed by atoms with Crippen molar-refractivity contribution in [3.05, 3.63) is 17.8 Å². The Labute approximate surface area is 101 Å². The van der Waals surface area contributed by atoms with Gasteiger partial charge in [0.25, 0.3) is 0 Å². The van der Waals surface area contributed by atoms with Gasteiger partial charge in [-0.15, -0.1) is 11.8 Å². The predicted molar refractivity (Wildman–Crippen MR) is 62.6 cm³/mol. The van der Waals surface area contributed by atoms with Crippen LogP contribution in [-0.2, 0) is 4.74 Å². The third kappa shape index (κ3) is 1.66. The van der Waals surface area contributed by atoms with Crippen LogP contribution in [0.4, 0.5) is 0 Å². The first-order valence-electron chi connectivity index (χ1n) is 4.88. The molecule has 1 aliphatic heterocycles. The summed E-state index contributed by atoms with van der Waals surface area (Å²) in [5.74, 6) is 0.989. The van der Waals surface area contributed by atoms with E-state index in [1.807, 2.05) is 16.3 Å².